The number of methoxy groups -OCH3 is 3. The van der Waals surface area contributed by atoms with E-state index in [0.29, 0.717) is 11.5 Å². The third kappa shape index (κ3) is 3.89. The van der Waals surface area contributed by atoms with E-state index in [1.54, 1.807) is 0 Å². The van der Waals surface area contributed by atoms with Crippen LogP contribution < -0.4 is 14.8 Å². The van der Waals surface area contributed by atoms with E-state index in [4.69, 9.17) is 14.2 Å². The fourth-order valence-corrected chi connectivity index (χ4v) is 2.19. The summed E-state index contributed by atoms with van der Waals surface area (Å²) in [6.07, 6.45) is 0. The van der Waals surface area contributed by atoms with Gasteiger partial charge in [0, 0.05) is 29.8 Å². The molecule has 0 radical (unpaired) electrons. The van der Waals surface area contributed by atoms with E-state index < -0.39 is 16.8 Å². The molecule has 1 amide bonds. The Kier molecular flexibility index (Phi) is 5.74. The van der Waals surface area contributed by atoms with Crippen molar-refractivity contribution in [3.63, 3.8) is 0 Å². The van der Waals surface area contributed by atoms with Gasteiger partial charge in [-0.05, 0) is 12.1 Å². The number of nitro groups is 1. The summed E-state index contributed by atoms with van der Waals surface area (Å²) in [4.78, 5) is 34.5. The molecule has 9 nitrogen and oxygen atoms in total. The smallest absolute Gasteiger partial charge is 0.340 e. The highest BCUT2D eigenvalue weighted by Crippen LogP contribution is 2.34. The number of nitrogens with one attached hydrogen (secondary N) is 1. The highest BCUT2D eigenvalue weighted by atomic mass is 16.6. The first-order valence-corrected chi connectivity index (χ1v) is 7.31. The number of non-ortho nitro benzene ring substituents is 1. The highest BCUT2D eigenvalue weighted by Gasteiger charge is 2.20. The summed E-state index contributed by atoms with van der Waals surface area (Å²) < 4.78 is 15.0. The summed E-state index contributed by atoms with van der Waals surface area (Å²) in [6, 6.07) is 7.86. The monoisotopic (exact) mass is 360 g/mol. The molecule has 0 saturated carbocycles. The number of rotatable bonds is 6. The molecule has 2 rings (SSSR count). The third-order valence-corrected chi connectivity index (χ3v) is 3.52. The van der Waals surface area contributed by atoms with Gasteiger partial charge < -0.3 is 19.5 Å². The quantitative estimate of drug-likeness (QED) is 0.478. The zero-order valence-electron chi connectivity index (χ0n) is 14.3. The Hall–Kier alpha value is -3.62. The normalized spacial score (nSPS) is 9.96. The lowest BCUT2D eigenvalue weighted by molar-refractivity contribution is -0.384. The number of anilines is 1. The van der Waals surface area contributed by atoms with Gasteiger partial charge in [-0.25, -0.2) is 4.79 Å². The van der Waals surface area contributed by atoms with E-state index in [-0.39, 0.29) is 22.5 Å². The van der Waals surface area contributed by atoms with Gasteiger partial charge in [0.2, 0.25) is 0 Å². The Morgan fingerprint density at radius 1 is 1.00 bits per heavy atom. The number of amides is 1. The lowest BCUT2D eigenvalue weighted by atomic mass is 10.1. The van der Waals surface area contributed by atoms with E-state index in [0.717, 1.165) is 0 Å². The number of carbonyl (C=O) groups excluding carboxylic acids is 2. The van der Waals surface area contributed by atoms with Crippen molar-refractivity contribution in [2.24, 2.45) is 0 Å². The minimum Gasteiger partial charge on any atom is -0.493 e. The standard InChI is InChI=1S/C17H16N2O7/c1-24-14-8-12(17(21)26-3)13(9-15(14)25-2)18-16(20)10-4-6-11(7-5-10)19(22)23/h4-9H,1-3H3,(H,18,20). The summed E-state index contributed by atoms with van der Waals surface area (Å²) in [6.45, 7) is 0. The van der Waals surface area contributed by atoms with Gasteiger partial charge in [0.25, 0.3) is 11.6 Å². The molecule has 0 fully saturated rings. The first kappa shape index (κ1) is 18.7. The van der Waals surface area contributed by atoms with Gasteiger partial charge in [-0.15, -0.1) is 0 Å². The van der Waals surface area contributed by atoms with Crippen molar-refractivity contribution in [2.45, 2.75) is 0 Å². The average molecular weight is 360 g/mol. The van der Waals surface area contributed by atoms with Gasteiger partial charge >= 0.3 is 5.97 Å². The number of ether oxygens (including phenoxy) is 3. The lowest BCUT2D eigenvalue weighted by Crippen LogP contribution is -2.16. The minimum absolute atomic E-state index is 0.0698. The fraction of sp³-hybridized carbons (Fsp3) is 0.176. The molecule has 0 aliphatic heterocycles. The van der Waals surface area contributed by atoms with Crippen molar-refractivity contribution in [3.8, 4) is 11.5 Å². The van der Waals surface area contributed by atoms with Crippen molar-refractivity contribution in [2.75, 3.05) is 26.6 Å². The Bertz CT molecular complexity index is 847. The lowest BCUT2D eigenvalue weighted by Gasteiger charge is -2.14. The summed E-state index contributed by atoms with van der Waals surface area (Å²) in [7, 11) is 4.03. The Morgan fingerprint density at radius 2 is 1.58 bits per heavy atom. The average Bonchev–Trinajstić information content (AvgIpc) is 2.66. The van der Waals surface area contributed by atoms with Crippen LogP contribution in [-0.4, -0.2) is 38.1 Å². The van der Waals surface area contributed by atoms with Gasteiger partial charge in [0.15, 0.2) is 11.5 Å². The second-order valence-electron chi connectivity index (χ2n) is 5.00. The molecule has 0 aliphatic rings. The van der Waals surface area contributed by atoms with E-state index in [9.17, 15) is 19.7 Å². The first-order chi connectivity index (χ1) is 12.4. The number of esters is 1. The summed E-state index contributed by atoms with van der Waals surface area (Å²) in [5.74, 6) is -0.636. The summed E-state index contributed by atoms with van der Waals surface area (Å²) >= 11 is 0. The maximum Gasteiger partial charge on any atom is 0.340 e. The van der Waals surface area contributed by atoms with Gasteiger partial charge in [0.1, 0.15) is 0 Å². The zero-order chi connectivity index (χ0) is 19.3. The number of benzene rings is 2. The van der Waals surface area contributed by atoms with E-state index in [1.807, 2.05) is 0 Å². The number of carbonyl (C=O) groups is 2. The van der Waals surface area contributed by atoms with Crippen LogP contribution in [0.1, 0.15) is 20.7 Å². The molecule has 0 aliphatic carbocycles. The Balaban J connectivity index is 2.38. The van der Waals surface area contributed by atoms with Crippen LogP contribution in [0, 0.1) is 10.1 Å². The number of hydrogen-bond donors (Lipinski definition) is 1. The molecule has 26 heavy (non-hydrogen) atoms. The van der Waals surface area contributed by atoms with Crippen LogP contribution in [0.3, 0.4) is 0 Å². The van der Waals surface area contributed by atoms with Crippen LogP contribution in [0.25, 0.3) is 0 Å². The third-order valence-electron chi connectivity index (χ3n) is 3.52. The van der Waals surface area contributed by atoms with E-state index in [2.05, 4.69) is 5.32 Å². The highest BCUT2D eigenvalue weighted by molar-refractivity contribution is 6.08. The van der Waals surface area contributed by atoms with Crippen LogP contribution in [0.15, 0.2) is 36.4 Å². The molecule has 0 aromatic heterocycles. The zero-order valence-corrected chi connectivity index (χ0v) is 14.3. The predicted molar refractivity (Wildman–Crippen MR) is 91.9 cm³/mol. The van der Waals surface area contributed by atoms with Crippen molar-refractivity contribution >= 4 is 23.3 Å². The fourth-order valence-electron chi connectivity index (χ4n) is 2.19. The van der Waals surface area contributed by atoms with E-state index >= 15 is 0 Å². The molecule has 0 unspecified atom stereocenters. The van der Waals surface area contributed by atoms with Crippen LogP contribution in [-0.2, 0) is 4.74 Å². The van der Waals surface area contributed by atoms with Crippen molar-refractivity contribution in [1.82, 2.24) is 0 Å². The minimum atomic E-state index is -0.676. The topological polar surface area (TPSA) is 117 Å². The maximum atomic E-state index is 12.4. The number of hydrogen-bond acceptors (Lipinski definition) is 7. The molecule has 0 heterocycles. The molecule has 1 N–H and O–H groups in total. The molecule has 0 atom stereocenters. The molecule has 0 saturated heterocycles. The van der Waals surface area contributed by atoms with E-state index in [1.165, 1.54) is 57.7 Å². The molecule has 9 heteroatoms. The molecule has 136 valence electrons. The Labute approximate surface area is 148 Å². The summed E-state index contributed by atoms with van der Waals surface area (Å²) in [5.41, 5.74) is 0.266. The van der Waals surface area contributed by atoms with Crippen LogP contribution in [0.4, 0.5) is 11.4 Å². The second-order valence-corrected chi connectivity index (χ2v) is 5.00. The summed E-state index contributed by atoms with van der Waals surface area (Å²) in [5, 5.41) is 13.3. The van der Waals surface area contributed by atoms with Crippen molar-refractivity contribution < 1.29 is 28.7 Å². The molecular weight excluding hydrogens is 344 g/mol. The SMILES string of the molecule is COC(=O)c1cc(OC)c(OC)cc1NC(=O)c1ccc([N+](=O)[O-])cc1. The molecule has 0 bridgehead atoms. The van der Waals surface area contributed by atoms with Gasteiger partial charge in [-0.3, -0.25) is 14.9 Å². The first-order valence-electron chi connectivity index (χ1n) is 7.31. The van der Waals surface area contributed by atoms with Gasteiger partial charge in [0.05, 0.1) is 37.5 Å². The number of nitrogens with zero attached hydrogens (tertiary/aromatic N) is 1. The van der Waals surface area contributed by atoms with Gasteiger partial charge in [-0.2, -0.15) is 0 Å². The van der Waals surface area contributed by atoms with Crippen LogP contribution >= 0.6 is 0 Å². The molecular formula is C17H16N2O7. The maximum absolute atomic E-state index is 12.4. The van der Waals surface area contributed by atoms with Crippen LogP contribution in [0.2, 0.25) is 0 Å². The largest absolute Gasteiger partial charge is 0.493 e. The predicted octanol–water partition coefficient (Wildman–Crippen LogP) is 2.65. The Morgan fingerprint density at radius 3 is 2.08 bits per heavy atom. The molecule has 0 spiro atoms. The van der Waals surface area contributed by atoms with Crippen molar-refractivity contribution in [3.05, 3.63) is 57.6 Å². The van der Waals surface area contributed by atoms with Gasteiger partial charge in [-0.1, -0.05) is 0 Å². The molecule has 2 aromatic carbocycles. The molecule has 2 aromatic rings. The van der Waals surface area contributed by atoms with Crippen LogP contribution in [0.5, 0.6) is 11.5 Å². The van der Waals surface area contributed by atoms with Crippen molar-refractivity contribution in [1.29, 1.82) is 0 Å². The number of nitro benzene ring substituents is 1. The second kappa shape index (κ2) is 7.97.